The summed E-state index contributed by atoms with van der Waals surface area (Å²) >= 11 is 0. The van der Waals surface area contributed by atoms with Gasteiger partial charge in [-0.1, -0.05) is 6.42 Å². The van der Waals surface area contributed by atoms with E-state index in [2.05, 4.69) is 5.32 Å². The van der Waals surface area contributed by atoms with Gasteiger partial charge in [0.2, 0.25) is 11.7 Å². The standard InChI is InChI=1S/C7H11NO2.C6HF5/c9-5-6-3-1-2-4-8-7(6)10;7-2-1-3(8)5(10)6(11)4(2)9/h5-6H,1-4H2,(H,8,10);1H. The molecule has 1 saturated heterocycles. The van der Waals surface area contributed by atoms with Crippen LogP contribution in [-0.2, 0) is 9.59 Å². The summed E-state index contributed by atoms with van der Waals surface area (Å²) in [5.74, 6) is -10.1. The smallest absolute Gasteiger partial charge is 0.230 e. The molecule has 0 spiro atoms. The van der Waals surface area contributed by atoms with Crippen molar-refractivity contribution in [3.05, 3.63) is 35.2 Å². The Balaban J connectivity index is 0.000000211. The number of benzene rings is 1. The van der Waals surface area contributed by atoms with Crippen LogP contribution in [0.4, 0.5) is 22.0 Å². The molecule has 1 amide bonds. The predicted octanol–water partition coefficient (Wildman–Crippen LogP) is 2.48. The van der Waals surface area contributed by atoms with E-state index in [4.69, 9.17) is 0 Å². The van der Waals surface area contributed by atoms with Crippen molar-refractivity contribution in [2.75, 3.05) is 6.54 Å². The van der Waals surface area contributed by atoms with Crippen molar-refractivity contribution in [2.45, 2.75) is 19.3 Å². The van der Waals surface area contributed by atoms with Crippen LogP contribution in [0.5, 0.6) is 0 Å². The number of rotatable bonds is 1. The Bertz CT molecular complexity index is 510. The summed E-state index contributed by atoms with van der Waals surface area (Å²) in [5, 5.41) is 2.68. The average Bonchev–Trinajstić information content (AvgIpc) is 2.68. The van der Waals surface area contributed by atoms with E-state index in [0.717, 1.165) is 32.1 Å². The van der Waals surface area contributed by atoms with E-state index in [1.54, 1.807) is 0 Å². The zero-order valence-corrected chi connectivity index (χ0v) is 10.8. The van der Waals surface area contributed by atoms with Gasteiger partial charge in [-0.25, -0.2) is 22.0 Å². The van der Waals surface area contributed by atoms with Crippen molar-refractivity contribution in [3.63, 3.8) is 0 Å². The Morgan fingerprint density at radius 2 is 1.57 bits per heavy atom. The second kappa shape index (κ2) is 7.70. The minimum atomic E-state index is -2.14. The minimum absolute atomic E-state index is 0.0618. The first-order valence-corrected chi connectivity index (χ1v) is 6.10. The molecule has 1 heterocycles. The molecule has 0 saturated carbocycles. The summed E-state index contributed by atoms with van der Waals surface area (Å²) in [6.07, 6.45) is 3.42. The van der Waals surface area contributed by atoms with Crippen molar-refractivity contribution in [1.82, 2.24) is 5.32 Å². The molecule has 0 aliphatic carbocycles. The van der Waals surface area contributed by atoms with E-state index < -0.39 is 29.1 Å². The monoisotopic (exact) mass is 309 g/mol. The highest BCUT2D eigenvalue weighted by Gasteiger charge is 2.19. The lowest BCUT2D eigenvalue weighted by molar-refractivity contribution is -0.128. The first-order chi connectivity index (χ1) is 9.88. The maximum Gasteiger partial charge on any atom is 0.230 e. The van der Waals surface area contributed by atoms with Crippen molar-refractivity contribution in [1.29, 1.82) is 0 Å². The van der Waals surface area contributed by atoms with E-state index >= 15 is 0 Å². The lowest BCUT2D eigenvalue weighted by Crippen LogP contribution is -2.29. The van der Waals surface area contributed by atoms with Crippen LogP contribution in [-0.4, -0.2) is 18.7 Å². The van der Waals surface area contributed by atoms with Gasteiger partial charge < -0.3 is 10.1 Å². The van der Waals surface area contributed by atoms with E-state index in [1.807, 2.05) is 0 Å². The minimum Gasteiger partial charge on any atom is -0.355 e. The van der Waals surface area contributed by atoms with Gasteiger partial charge in [-0.3, -0.25) is 4.79 Å². The summed E-state index contributed by atoms with van der Waals surface area (Å²) in [7, 11) is 0. The number of carbonyl (C=O) groups is 2. The number of nitrogens with one attached hydrogen (secondary N) is 1. The number of hydrogen-bond acceptors (Lipinski definition) is 2. The quantitative estimate of drug-likeness (QED) is 0.285. The third kappa shape index (κ3) is 4.51. The Hall–Kier alpha value is -1.99. The van der Waals surface area contributed by atoms with Gasteiger partial charge in [0.1, 0.15) is 6.29 Å². The molecule has 0 bridgehead atoms. The highest BCUT2D eigenvalue weighted by molar-refractivity contribution is 5.91. The lowest BCUT2D eigenvalue weighted by atomic mass is 10.1. The van der Waals surface area contributed by atoms with E-state index in [9.17, 15) is 31.5 Å². The van der Waals surface area contributed by atoms with Gasteiger partial charge in [-0.05, 0) is 12.8 Å². The van der Waals surface area contributed by atoms with Gasteiger partial charge in [0.05, 0.1) is 5.92 Å². The van der Waals surface area contributed by atoms with Crippen LogP contribution in [0.25, 0.3) is 0 Å². The first-order valence-electron chi connectivity index (χ1n) is 6.10. The molecule has 21 heavy (non-hydrogen) atoms. The SMILES string of the molecule is Fc1cc(F)c(F)c(F)c1F.O=CC1CCCCNC1=O. The molecule has 1 aliphatic heterocycles. The second-order valence-electron chi connectivity index (χ2n) is 4.31. The molecule has 0 radical (unpaired) electrons. The van der Waals surface area contributed by atoms with Crippen LogP contribution in [0.1, 0.15) is 19.3 Å². The first kappa shape index (κ1) is 17.1. The fourth-order valence-corrected chi connectivity index (χ4v) is 1.64. The Morgan fingerprint density at radius 3 is 2.10 bits per heavy atom. The second-order valence-corrected chi connectivity index (χ2v) is 4.31. The summed E-state index contributed by atoms with van der Waals surface area (Å²) in [6, 6.07) is -0.0618. The lowest BCUT2D eigenvalue weighted by Gasteiger charge is -2.02. The Labute approximate surface area is 117 Å². The number of carbonyl (C=O) groups excluding carboxylic acids is 2. The average molecular weight is 309 g/mol. The van der Waals surface area contributed by atoms with Crippen LogP contribution in [0.3, 0.4) is 0 Å². The maximum atomic E-state index is 12.0. The molecular weight excluding hydrogens is 297 g/mol. The van der Waals surface area contributed by atoms with Crippen molar-refractivity contribution >= 4 is 12.2 Å². The summed E-state index contributed by atoms with van der Waals surface area (Å²) in [6.45, 7) is 0.725. The topological polar surface area (TPSA) is 46.2 Å². The van der Waals surface area contributed by atoms with Crippen LogP contribution < -0.4 is 5.32 Å². The summed E-state index contributed by atoms with van der Waals surface area (Å²) < 4.78 is 60.0. The molecule has 116 valence electrons. The third-order valence-electron chi connectivity index (χ3n) is 2.80. The van der Waals surface area contributed by atoms with Gasteiger partial charge >= 0.3 is 0 Å². The van der Waals surface area contributed by atoms with Crippen molar-refractivity contribution in [3.8, 4) is 0 Å². The molecule has 1 unspecified atom stereocenters. The van der Waals surface area contributed by atoms with E-state index in [-0.39, 0.29) is 17.9 Å². The molecule has 2 rings (SSSR count). The van der Waals surface area contributed by atoms with Crippen LogP contribution in [0.15, 0.2) is 6.07 Å². The summed E-state index contributed by atoms with van der Waals surface area (Å²) in [5.41, 5.74) is 0. The fourth-order valence-electron chi connectivity index (χ4n) is 1.64. The van der Waals surface area contributed by atoms with Crippen molar-refractivity contribution < 1.29 is 31.5 Å². The van der Waals surface area contributed by atoms with Gasteiger partial charge in [0.15, 0.2) is 23.3 Å². The molecule has 8 heteroatoms. The molecule has 0 aromatic heterocycles. The van der Waals surface area contributed by atoms with Crippen LogP contribution in [0, 0.1) is 35.0 Å². The fraction of sp³-hybridized carbons (Fsp3) is 0.385. The van der Waals surface area contributed by atoms with Crippen LogP contribution in [0.2, 0.25) is 0 Å². The van der Waals surface area contributed by atoms with E-state index in [1.165, 1.54) is 0 Å². The van der Waals surface area contributed by atoms with Gasteiger partial charge in [-0.15, -0.1) is 0 Å². The third-order valence-corrected chi connectivity index (χ3v) is 2.80. The molecule has 3 nitrogen and oxygen atoms in total. The molecular formula is C13H12F5NO2. The zero-order valence-electron chi connectivity index (χ0n) is 10.8. The molecule has 1 fully saturated rings. The molecule has 1 aromatic rings. The molecule has 1 N–H and O–H groups in total. The van der Waals surface area contributed by atoms with E-state index in [0.29, 0.717) is 0 Å². The Morgan fingerprint density at radius 1 is 1.00 bits per heavy atom. The molecule has 1 atom stereocenters. The molecule has 1 aliphatic rings. The number of aldehydes is 1. The molecule has 1 aromatic carbocycles. The largest absolute Gasteiger partial charge is 0.355 e. The highest BCUT2D eigenvalue weighted by Crippen LogP contribution is 2.16. The van der Waals surface area contributed by atoms with Crippen LogP contribution >= 0.6 is 0 Å². The maximum absolute atomic E-state index is 12.0. The summed E-state index contributed by atoms with van der Waals surface area (Å²) in [4.78, 5) is 21.2. The van der Waals surface area contributed by atoms with Crippen molar-refractivity contribution in [2.24, 2.45) is 5.92 Å². The van der Waals surface area contributed by atoms with Gasteiger partial charge in [0, 0.05) is 12.6 Å². The number of hydrogen-bond donors (Lipinski definition) is 1. The normalized spacial score (nSPS) is 18.1. The zero-order chi connectivity index (χ0) is 16.0. The Kier molecular flexibility index (Phi) is 6.26. The highest BCUT2D eigenvalue weighted by atomic mass is 19.2. The van der Waals surface area contributed by atoms with Gasteiger partial charge in [-0.2, -0.15) is 0 Å². The van der Waals surface area contributed by atoms with Gasteiger partial charge in [0.25, 0.3) is 0 Å². The number of amides is 1. The predicted molar refractivity (Wildman–Crippen MR) is 62.6 cm³/mol. The number of halogens is 5.